The number of aromatic nitrogens is 4. The summed E-state index contributed by atoms with van der Waals surface area (Å²) in [6.07, 6.45) is 2.92. The molecule has 16 heavy (non-hydrogen) atoms. The first-order chi connectivity index (χ1) is 7.79. The number of aromatic hydroxyl groups is 1. The van der Waals surface area contributed by atoms with Gasteiger partial charge in [0.15, 0.2) is 17.8 Å². The molecule has 0 saturated carbocycles. The summed E-state index contributed by atoms with van der Waals surface area (Å²) in [5, 5.41) is 23.8. The number of phenolic OH excluding ortho intramolecular Hbond substituents is 1. The molecule has 0 aliphatic heterocycles. The smallest absolute Gasteiger partial charge is 0.164 e. The van der Waals surface area contributed by atoms with Crippen LogP contribution in [-0.2, 0) is 0 Å². The maximum atomic E-state index is 9.38. The number of hydrogen-bond acceptors (Lipinski definition) is 6. The standard InChI is InChI=1S/C9H9N5O2/c1-16-9-4-7(2-3-8(9)15)5-11-14-6-10-12-13-14/h2-6,15H,1H3/b11-5+. The van der Waals surface area contributed by atoms with Crippen LogP contribution in [0.4, 0.5) is 0 Å². The Hall–Kier alpha value is -2.44. The van der Waals surface area contributed by atoms with E-state index in [1.807, 2.05) is 0 Å². The Balaban J connectivity index is 2.22. The number of nitrogens with zero attached hydrogens (tertiary/aromatic N) is 5. The van der Waals surface area contributed by atoms with Crippen molar-refractivity contribution in [3.05, 3.63) is 30.1 Å². The van der Waals surface area contributed by atoms with Crippen molar-refractivity contribution in [1.29, 1.82) is 0 Å². The molecule has 0 fully saturated rings. The van der Waals surface area contributed by atoms with Gasteiger partial charge in [-0.15, -0.1) is 9.89 Å². The third-order valence-corrected chi connectivity index (χ3v) is 1.87. The second-order valence-electron chi connectivity index (χ2n) is 2.91. The van der Waals surface area contributed by atoms with E-state index in [9.17, 15) is 5.11 Å². The van der Waals surface area contributed by atoms with Gasteiger partial charge >= 0.3 is 0 Å². The van der Waals surface area contributed by atoms with E-state index in [1.165, 1.54) is 24.3 Å². The maximum Gasteiger partial charge on any atom is 0.164 e. The van der Waals surface area contributed by atoms with E-state index in [0.29, 0.717) is 5.75 Å². The van der Waals surface area contributed by atoms with Crippen LogP contribution in [0.15, 0.2) is 29.6 Å². The van der Waals surface area contributed by atoms with E-state index >= 15 is 0 Å². The molecule has 7 nitrogen and oxygen atoms in total. The number of ether oxygens (including phenoxy) is 1. The molecule has 82 valence electrons. The van der Waals surface area contributed by atoms with Crippen LogP contribution in [0.1, 0.15) is 5.56 Å². The van der Waals surface area contributed by atoms with Crippen molar-refractivity contribution in [1.82, 2.24) is 20.3 Å². The topological polar surface area (TPSA) is 85.4 Å². The van der Waals surface area contributed by atoms with Crippen LogP contribution in [0.3, 0.4) is 0 Å². The number of tetrazole rings is 1. The molecule has 0 amide bonds. The quantitative estimate of drug-likeness (QED) is 0.749. The lowest BCUT2D eigenvalue weighted by molar-refractivity contribution is 0.373. The highest BCUT2D eigenvalue weighted by Crippen LogP contribution is 2.25. The number of phenols is 1. The van der Waals surface area contributed by atoms with E-state index in [2.05, 4.69) is 20.6 Å². The first-order valence-corrected chi connectivity index (χ1v) is 4.44. The Kier molecular flexibility index (Phi) is 2.77. The third kappa shape index (κ3) is 2.14. The van der Waals surface area contributed by atoms with Gasteiger partial charge in [-0.05, 0) is 34.2 Å². The molecule has 1 heterocycles. The second-order valence-corrected chi connectivity index (χ2v) is 2.91. The molecule has 7 heteroatoms. The van der Waals surface area contributed by atoms with Gasteiger partial charge in [0.1, 0.15) is 0 Å². The van der Waals surface area contributed by atoms with Crippen LogP contribution >= 0.6 is 0 Å². The van der Waals surface area contributed by atoms with Gasteiger partial charge in [0, 0.05) is 0 Å². The van der Waals surface area contributed by atoms with E-state index < -0.39 is 0 Å². The van der Waals surface area contributed by atoms with Gasteiger partial charge in [0.05, 0.1) is 13.3 Å². The molecule has 0 bridgehead atoms. The van der Waals surface area contributed by atoms with Crippen LogP contribution in [0.25, 0.3) is 0 Å². The Labute approximate surface area is 91.0 Å². The van der Waals surface area contributed by atoms with Gasteiger partial charge in [-0.25, -0.2) is 0 Å². The van der Waals surface area contributed by atoms with Crippen LogP contribution < -0.4 is 4.74 Å². The fraction of sp³-hybridized carbons (Fsp3) is 0.111. The molecule has 0 aliphatic carbocycles. The van der Waals surface area contributed by atoms with Gasteiger partial charge in [0.2, 0.25) is 0 Å². The number of methoxy groups -OCH3 is 1. The average Bonchev–Trinajstić information content (AvgIpc) is 2.81. The summed E-state index contributed by atoms with van der Waals surface area (Å²) in [7, 11) is 1.48. The first kappa shape index (κ1) is 10.1. The van der Waals surface area contributed by atoms with Gasteiger partial charge < -0.3 is 9.84 Å². The van der Waals surface area contributed by atoms with Gasteiger partial charge in [-0.3, -0.25) is 0 Å². The lowest BCUT2D eigenvalue weighted by Crippen LogP contribution is -1.92. The van der Waals surface area contributed by atoms with Crippen molar-refractivity contribution in [2.24, 2.45) is 5.10 Å². The van der Waals surface area contributed by atoms with Crippen molar-refractivity contribution in [3.8, 4) is 11.5 Å². The first-order valence-electron chi connectivity index (χ1n) is 4.44. The molecule has 2 rings (SSSR count). The van der Waals surface area contributed by atoms with Crippen molar-refractivity contribution in [2.75, 3.05) is 7.11 Å². The maximum absolute atomic E-state index is 9.38. The molecule has 0 atom stereocenters. The average molecular weight is 219 g/mol. The monoisotopic (exact) mass is 219 g/mol. The summed E-state index contributed by atoms with van der Waals surface area (Å²) in [6.45, 7) is 0. The number of hydrogen-bond donors (Lipinski definition) is 1. The van der Waals surface area contributed by atoms with Crippen LogP contribution in [0, 0.1) is 0 Å². The summed E-state index contributed by atoms with van der Waals surface area (Å²) in [4.78, 5) is 1.22. The fourth-order valence-electron chi connectivity index (χ4n) is 1.11. The highest BCUT2D eigenvalue weighted by atomic mass is 16.5. The lowest BCUT2D eigenvalue weighted by Gasteiger charge is -2.02. The number of benzene rings is 1. The molecule has 0 spiro atoms. The summed E-state index contributed by atoms with van der Waals surface area (Å²) in [5.74, 6) is 0.475. The Morgan fingerprint density at radius 1 is 1.50 bits per heavy atom. The Morgan fingerprint density at radius 3 is 3.06 bits per heavy atom. The molecule has 0 unspecified atom stereocenters. The van der Waals surface area contributed by atoms with Crippen LogP contribution in [0.2, 0.25) is 0 Å². The van der Waals surface area contributed by atoms with Crippen LogP contribution in [-0.4, -0.2) is 38.7 Å². The van der Waals surface area contributed by atoms with E-state index in [4.69, 9.17) is 4.74 Å². The summed E-state index contributed by atoms with van der Waals surface area (Å²) in [6, 6.07) is 4.88. The summed E-state index contributed by atoms with van der Waals surface area (Å²) < 4.78 is 4.96. The predicted molar refractivity (Wildman–Crippen MR) is 55.5 cm³/mol. The zero-order valence-electron chi connectivity index (χ0n) is 8.48. The molecular formula is C9H9N5O2. The fourth-order valence-corrected chi connectivity index (χ4v) is 1.11. The van der Waals surface area contributed by atoms with Gasteiger partial charge in [-0.1, -0.05) is 0 Å². The SMILES string of the molecule is COc1cc(/C=N/n2cnnn2)ccc1O. The van der Waals surface area contributed by atoms with E-state index in [0.717, 1.165) is 5.56 Å². The molecule has 1 N–H and O–H groups in total. The van der Waals surface area contributed by atoms with E-state index in [-0.39, 0.29) is 5.75 Å². The minimum Gasteiger partial charge on any atom is -0.504 e. The normalized spacial score (nSPS) is 10.8. The zero-order chi connectivity index (χ0) is 11.4. The van der Waals surface area contributed by atoms with Crippen molar-refractivity contribution < 1.29 is 9.84 Å². The van der Waals surface area contributed by atoms with E-state index in [1.54, 1.807) is 18.3 Å². The lowest BCUT2D eigenvalue weighted by atomic mass is 10.2. The third-order valence-electron chi connectivity index (χ3n) is 1.87. The van der Waals surface area contributed by atoms with Crippen molar-refractivity contribution >= 4 is 6.21 Å². The van der Waals surface area contributed by atoms with Crippen molar-refractivity contribution in [2.45, 2.75) is 0 Å². The largest absolute Gasteiger partial charge is 0.504 e. The predicted octanol–water partition coefficient (Wildman–Crippen LogP) is 0.269. The van der Waals surface area contributed by atoms with Gasteiger partial charge in [-0.2, -0.15) is 5.10 Å². The molecule has 0 saturated heterocycles. The van der Waals surface area contributed by atoms with Crippen molar-refractivity contribution in [3.63, 3.8) is 0 Å². The Bertz CT molecular complexity index is 495. The molecular weight excluding hydrogens is 210 g/mol. The molecule has 1 aromatic heterocycles. The summed E-state index contributed by atoms with van der Waals surface area (Å²) >= 11 is 0. The minimum atomic E-state index is 0.0853. The zero-order valence-corrected chi connectivity index (χ0v) is 8.48. The molecule has 0 aliphatic rings. The molecule has 0 radical (unpaired) electrons. The highest BCUT2D eigenvalue weighted by Gasteiger charge is 2.00. The summed E-state index contributed by atoms with van der Waals surface area (Å²) in [5.41, 5.74) is 0.769. The number of rotatable bonds is 3. The second kappa shape index (κ2) is 4.39. The highest BCUT2D eigenvalue weighted by molar-refractivity contribution is 5.80. The molecule has 1 aromatic carbocycles. The minimum absolute atomic E-state index is 0.0853. The van der Waals surface area contributed by atoms with Gasteiger partial charge in [0.25, 0.3) is 0 Å². The molecule has 2 aromatic rings. The van der Waals surface area contributed by atoms with Crippen LogP contribution in [0.5, 0.6) is 11.5 Å². The Morgan fingerprint density at radius 2 is 2.38 bits per heavy atom.